The lowest BCUT2D eigenvalue weighted by atomic mass is 10.0. The molecule has 1 atom stereocenters. The Morgan fingerprint density at radius 2 is 1.87 bits per heavy atom. The number of nitrogens with zero attached hydrogens (tertiary/aromatic N) is 3. The predicted octanol–water partition coefficient (Wildman–Crippen LogP) is 2.83. The molecule has 0 saturated carbocycles. The minimum Gasteiger partial charge on any atom is -0.336 e. The summed E-state index contributed by atoms with van der Waals surface area (Å²) in [5, 5.41) is 0. The third-order valence-electron chi connectivity index (χ3n) is 4.59. The topological polar surface area (TPSA) is 36.4 Å². The summed E-state index contributed by atoms with van der Waals surface area (Å²) in [6, 6.07) is 10.4. The molecule has 120 valence electrons. The molecule has 1 saturated heterocycles. The Balaban J connectivity index is 1.75. The number of amides is 1. The molecule has 1 amide bonds. The van der Waals surface area contributed by atoms with Crippen LogP contribution < -0.4 is 0 Å². The smallest absolute Gasteiger partial charge is 0.253 e. The van der Waals surface area contributed by atoms with Crippen molar-refractivity contribution >= 4 is 5.91 Å². The molecule has 2 aromatic rings. The molecular weight excluding hydrogens is 286 g/mol. The van der Waals surface area contributed by atoms with Crippen molar-refractivity contribution in [3.05, 3.63) is 53.9 Å². The van der Waals surface area contributed by atoms with E-state index in [2.05, 4.69) is 29.9 Å². The highest BCUT2D eigenvalue weighted by molar-refractivity contribution is 5.94. The second-order valence-corrected chi connectivity index (χ2v) is 6.41. The molecule has 23 heavy (non-hydrogen) atoms. The third-order valence-corrected chi connectivity index (χ3v) is 4.59. The molecule has 0 spiro atoms. The number of aryl methyl sites for hydroxylation is 1. The van der Waals surface area contributed by atoms with Crippen molar-refractivity contribution in [1.29, 1.82) is 0 Å². The first kappa shape index (κ1) is 15.7. The minimum absolute atomic E-state index is 0.124. The van der Waals surface area contributed by atoms with Crippen LogP contribution in [0.4, 0.5) is 0 Å². The van der Waals surface area contributed by atoms with Crippen molar-refractivity contribution in [2.24, 2.45) is 0 Å². The van der Waals surface area contributed by atoms with Crippen molar-refractivity contribution < 1.29 is 4.79 Å². The second kappa shape index (κ2) is 6.50. The Bertz CT molecular complexity index is 696. The molecule has 0 radical (unpaired) electrons. The van der Waals surface area contributed by atoms with E-state index in [0.717, 1.165) is 41.9 Å². The number of rotatable bonds is 2. The zero-order valence-electron chi connectivity index (χ0n) is 14.0. The zero-order chi connectivity index (χ0) is 16.4. The molecule has 1 aromatic carbocycles. The summed E-state index contributed by atoms with van der Waals surface area (Å²) in [7, 11) is 2.11. The van der Waals surface area contributed by atoms with Crippen LogP contribution in [-0.2, 0) is 0 Å². The van der Waals surface area contributed by atoms with Gasteiger partial charge in [0.2, 0.25) is 0 Å². The summed E-state index contributed by atoms with van der Waals surface area (Å²) in [4.78, 5) is 21.1. The zero-order valence-corrected chi connectivity index (χ0v) is 14.0. The molecule has 2 heterocycles. The molecule has 1 aliphatic heterocycles. The van der Waals surface area contributed by atoms with Crippen LogP contribution in [0, 0.1) is 6.92 Å². The molecular formula is C19H23N3O. The van der Waals surface area contributed by atoms with Crippen molar-refractivity contribution in [2.45, 2.75) is 19.9 Å². The van der Waals surface area contributed by atoms with Gasteiger partial charge in [0.1, 0.15) is 0 Å². The van der Waals surface area contributed by atoms with Crippen LogP contribution in [0.2, 0.25) is 0 Å². The van der Waals surface area contributed by atoms with Crippen LogP contribution in [0.25, 0.3) is 11.1 Å². The van der Waals surface area contributed by atoms with Crippen LogP contribution >= 0.6 is 0 Å². The molecule has 0 N–H and O–H groups in total. The average Bonchev–Trinajstić information content (AvgIpc) is 2.57. The second-order valence-electron chi connectivity index (χ2n) is 6.41. The van der Waals surface area contributed by atoms with E-state index in [9.17, 15) is 4.79 Å². The van der Waals surface area contributed by atoms with Gasteiger partial charge in [-0.2, -0.15) is 0 Å². The number of aromatic nitrogens is 1. The summed E-state index contributed by atoms with van der Waals surface area (Å²) in [6.45, 7) is 6.71. The van der Waals surface area contributed by atoms with Crippen molar-refractivity contribution in [3.8, 4) is 11.1 Å². The maximum atomic E-state index is 12.6. The van der Waals surface area contributed by atoms with Gasteiger partial charge in [-0.05, 0) is 50.2 Å². The van der Waals surface area contributed by atoms with Gasteiger partial charge in [0.15, 0.2) is 0 Å². The van der Waals surface area contributed by atoms with E-state index < -0.39 is 0 Å². The molecule has 4 nitrogen and oxygen atoms in total. The molecule has 1 unspecified atom stereocenters. The largest absolute Gasteiger partial charge is 0.336 e. The van der Waals surface area contributed by atoms with E-state index in [4.69, 9.17) is 0 Å². The third kappa shape index (κ3) is 3.42. The molecule has 1 aromatic heterocycles. The van der Waals surface area contributed by atoms with Gasteiger partial charge in [0.25, 0.3) is 5.91 Å². The quantitative estimate of drug-likeness (QED) is 0.856. The fourth-order valence-corrected chi connectivity index (χ4v) is 2.93. The Morgan fingerprint density at radius 3 is 2.52 bits per heavy atom. The summed E-state index contributed by atoms with van der Waals surface area (Å²) < 4.78 is 0. The van der Waals surface area contributed by atoms with E-state index >= 15 is 0 Å². The summed E-state index contributed by atoms with van der Waals surface area (Å²) in [5.74, 6) is 0.124. The van der Waals surface area contributed by atoms with E-state index in [1.54, 1.807) is 0 Å². The normalized spacial score (nSPS) is 18.9. The number of pyridine rings is 1. The Labute approximate surface area is 137 Å². The fraction of sp³-hybridized carbons (Fsp3) is 0.368. The first-order valence-electron chi connectivity index (χ1n) is 8.06. The van der Waals surface area contributed by atoms with Gasteiger partial charge in [-0.3, -0.25) is 9.78 Å². The van der Waals surface area contributed by atoms with E-state index in [-0.39, 0.29) is 5.91 Å². The minimum atomic E-state index is 0.124. The summed E-state index contributed by atoms with van der Waals surface area (Å²) in [5.41, 5.74) is 4.06. The standard InChI is InChI=1S/C19H23N3O/c1-14-10-18(12-20-11-14)16-4-6-17(7-5-16)19(23)22-9-8-21(3)15(2)13-22/h4-7,10-12,15H,8-9,13H2,1-3H3. The van der Waals surface area contributed by atoms with Gasteiger partial charge in [-0.1, -0.05) is 12.1 Å². The van der Waals surface area contributed by atoms with Gasteiger partial charge in [-0.15, -0.1) is 0 Å². The predicted molar refractivity (Wildman–Crippen MR) is 92.4 cm³/mol. The Hall–Kier alpha value is -2.20. The van der Waals surface area contributed by atoms with Gasteiger partial charge in [-0.25, -0.2) is 0 Å². The first-order chi connectivity index (χ1) is 11.0. The molecule has 3 rings (SSSR count). The highest BCUT2D eigenvalue weighted by Crippen LogP contribution is 2.21. The number of hydrogen-bond donors (Lipinski definition) is 0. The van der Waals surface area contributed by atoms with Gasteiger partial charge < -0.3 is 9.80 Å². The Morgan fingerprint density at radius 1 is 1.13 bits per heavy atom. The first-order valence-corrected chi connectivity index (χ1v) is 8.06. The monoisotopic (exact) mass is 309 g/mol. The highest BCUT2D eigenvalue weighted by atomic mass is 16.2. The molecule has 1 aliphatic rings. The highest BCUT2D eigenvalue weighted by Gasteiger charge is 2.24. The van der Waals surface area contributed by atoms with Crippen LogP contribution in [0.3, 0.4) is 0 Å². The van der Waals surface area contributed by atoms with E-state index in [1.807, 2.05) is 48.5 Å². The number of hydrogen-bond acceptors (Lipinski definition) is 3. The van der Waals surface area contributed by atoms with Crippen molar-refractivity contribution in [3.63, 3.8) is 0 Å². The lowest BCUT2D eigenvalue weighted by Gasteiger charge is -2.37. The fourth-order valence-electron chi connectivity index (χ4n) is 2.93. The Kier molecular flexibility index (Phi) is 4.44. The number of likely N-dealkylation sites (N-methyl/N-ethyl adjacent to an activating group) is 1. The number of carbonyl (C=O) groups excluding carboxylic acids is 1. The average molecular weight is 309 g/mol. The number of carbonyl (C=O) groups is 1. The number of benzene rings is 1. The van der Waals surface area contributed by atoms with Gasteiger partial charge >= 0.3 is 0 Å². The van der Waals surface area contributed by atoms with Crippen LogP contribution in [0.5, 0.6) is 0 Å². The van der Waals surface area contributed by atoms with Gasteiger partial charge in [0.05, 0.1) is 0 Å². The SMILES string of the molecule is Cc1cncc(-c2ccc(C(=O)N3CCN(C)C(C)C3)cc2)c1. The van der Waals surface area contributed by atoms with Gasteiger partial charge in [0, 0.05) is 49.2 Å². The maximum absolute atomic E-state index is 12.6. The molecule has 0 bridgehead atoms. The number of piperazine rings is 1. The van der Waals surface area contributed by atoms with Crippen molar-refractivity contribution in [1.82, 2.24) is 14.8 Å². The molecule has 0 aliphatic carbocycles. The lowest BCUT2D eigenvalue weighted by molar-refractivity contribution is 0.0572. The summed E-state index contributed by atoms with van der Waals surface area (Å²) in [6.07, 6.45) is 3.70. The van der Waals surface area contributed by atoms with Crippen LogP contribution in [0.15, 0.2) is 42.7 Å². The lowest BCUT2D eigenvalue weighted by Crippen LogP contribution is -2.52. The van der Waals surface area contributed by atoms with Crippen LogP contribution in [0.1, 0.15) is 22.8 Å². The van der Waals surface area contributed by atoms with E-state index in [1.165, 1.54) is 0 Å². The van der Waals surface area contributed by atoms with Crippen LogP contribution in [-0.4, -0.2) is 53.4 Å². The summed E-state index contributed by atoms with van der Waals surface area (Å²) >= 11 is 0. The maximum Gasteiger partial charge on any atom is 0.253 e. The van der Waals surface area contributed by atoms with E-state index in [0.29, 0.717) is 6.04 Å². The molecule has 4 heteroatoms. The molecule has 1 fully saturated rings. The van der Waals surface area contributed by atoms with Crippen molar-refractivity contribution in [2.75, 3.05) is 26.7 Å².